The zero-order valence-electron chi connectivity index (χ0n) is 15.7. The van der Waals surface area contributed by atoms with E-state index < -0.39 is 0 Å². The van der Waals surface area contributed by atoms with Crippen LogP contribution < -0.4 is 0 Å². The third kappa shape index (κ3) is 4.51. The van der Waals surface area contributed by atoms with E-state index in [0.717, 1.165) is 18.7 Å². The first-order valence-electron chi connectivity index (χ1n) is 8.91. The van der Waals surface area contributed by atoms with E-state index in [-0.39, 0.29) is 23.6 Å². The third-order valence-corrected chi connectivity index (χ3v) is 5.44. The van der Waals surface area contributed by atoms with E-state index in [1.54, 1.807) is 12.3 Å². The van der Waals surface area contributed by atoms with E-state index in [0.29, 0.717) is 30.0 Å². The van der Waals surface area contributed by atoms with Crippen LogP contribution in [0.2, 0.25) is 0 Å². The summed E-state index contributed by atoms with van der Waals surface area (Å²) in [4.78, 5) is 16.4. The lowest BCUT2D eigenvalue weighted by Gasteiger charge is -2.38. The van der Waals surface area contributed by atoms with Gasteiger partial charge in [0.2, 0.25) is 5.91 Å². The molecule has 0 aliphatic carbocycles. The molecule has 2 aromatic heterocycles. The first-order valence-corrected chi connectivity index (χ1v) is 9.90. The highest BCUT2D eigenvalue weighted by Gasteiger charge is 2.28. The van der Waals surface area contributed by atoms with Crippen LogP contribution in [0.25, 0.3) is 11.5 Å². The van der Waals surface area contributed by atoms with Crippen LogP contribution >= 0.6 is 11.8 Å². The maximum absolute atomic E-state index is 12.5. The van der Waals surface area contributed by atoms with Crippen LogP contribution in [-0.4, -0.2) is 63.9 Å². The van der Waals surface area contributed by atoms with Crippen molar-refractivity contribution in [3.05, 3.63) is 18.1 Å². The number of hydrogen-bond acceptors (Lipinski definition) is 8. The number of thioether (sulfide) groups is 1. The Kier molecular flexibility index (Phi) is 6.19. The van der Waals surface area contributed by atoms with Gasteiger partial charge in [-0.25, -0.2) is 0 Å². The fraction of sp³-hybridized carbons (Fsp3) is 0.556. The van der Waals surface area contributed by atoms with Crippen molar-refractivity contribution in [2.45, 2.75) is 32.0 Å². The summed E-state index contributed by atoms with van der Waals surface area (Å²) in [6, 6.07) is 4.04. The van der Waals surface area contributed by atoms with Crippen molar-refractivity contribution in [1.82, 2.24) is 20.0 Å². The van der Waals surface area contributed by atoms with Crippen molar-refractivity contribution in [2.24, 2.45) is 5.92 Å². The average molecular weight is 389 g/mol. The first-order chi connectivity index (χ1) is 13.0. The van der Waals surface area contributed by atoms with Crippen molar-refractivity contribution in [3.63, 3.8) is 0 Å². The zero-order chi connectivity index (χ0) is 19.4. The van der Waals surface area contributed by atoms with Crippen molar-refractivity contribution >= 4 is 17.7 Å². The molecular formula is C18H23N5O3S. The molecule has 0 radical (unpaired) electrons. The lowest BCUT2D eigenvalue weighted by molar-refractivity contribution is -0.130. The van der Waals surface area contributed by atoms with Gasteiger partial charge < -0.3 is 13.7 Å². The molecule has 8 nitrogen and oxygen atoms in total. The van der Waals surface area contributed by atoms with Crippen LogP contribution in [0, 0.1) is 24.2 Å². The molecule has 1 aliphatic rings. The Hall–Kier alpha value is -2.31. The number of amides is 1. The lowest BCUT2D eigenvalue weighted by Crippen LogP contribution is -2.53. The largest absolute Gasteiger partial charge is 0.469 e. The molecule has 0 unspecified atom stereocenters. The highest BCUT2D eigenvalue weighted by atomic mass is 32.2. The Morgan fingerprint density at radius 1 is 1.33 bits per heavy atom. The number of furan rings is 1. The molecule has 1 fully saturated rings. The third-order valence-electron chi connectivity index (χ3n) is 4.64. The van der Waals surface area contributed by atoms with E-state index in [1.807, 2.05) is 25.7 Å². The average Bonchev–Trinajstić information content (AvgIpc) is 3.29. The van der Waals surface area contributed by atoms with Crippen LogP contribution in [-0.2, 0) is 4.79 Å². The molecule has 2 aromatic rings. The normalized spacial score (nSPS) is 16.5. The molecule has 3 heterocycles. The summed E-state index contributed by atoms with van der Waals surface area (Å²) in [5.41, 5.74) is 0.758. The minimum absolute atomic E-state index is 0.0388. The second-order valence-corrected chi connectivity index (χ2v) is 7.71. The number of aryl methyl sites for hydroxylation is 1. The van der Waals surface area contributed by atoms with E-state index in [4.69, 9.17) is 8.83 Å². The van der Waals surface area contributed by atoms with Gasteiger partial charge in [-0.15, -0.1) is 10.2 Å². The zero-order valence-corrected chi connectivity index (χ0v) is 16.5. The molecule has 1 amide bonds. The maximum Gasteiger partial charge on any atom is 0.277 e. The van der Waals surface area contributed by atoms with E-state index in [2.05, 4.69) is 21.2 Å². The summed E-state index contributed by atoms with van der Waals surface area (Å²) in [5.74, 6) is 1.66. The van der Waals surface area contributed by atoms with Crippen molar-refractivity contribution in [1.29, 1.82) is 5.26 Å². The smallest absolute Gasteiger partial charge is 0.277 e. The number of nitrogens with zero attached hydrogens (tertiary/aromatic N) is 5. The molecule has 0 bridgehead atoms. The molecule has 1 saturated heterocycles. The summed E-state index contributed by atoms with van der Waals surface area (Å²) in [5, 5.41) is 17.7. The molecule has 0 saturated carbocycles. The van der Waals surface area contributed by atoms with Crippen LogP contribution in [0.15, 0.2) is 26.4 Å². The fourth-order valence-corrected chi connectivity index (χ4v) is 3.77. The quantitative estimate of drug-likeness (QED) is 0.695. The highest BCUT2D eigenvalue weighted by molar-refractivity contribution is 7.99. The number of carbonyl (C=O) groups excluding carboxylic acids is 1. The molecule has 3 rings (SSSR count). The van der Waals surface area contributed by atoms with Gasteiger partial charge in [0.05, 0.1) is 23.6 Å². The second-order valence-electron chi connectivity index (χ2n) is 6.79. The monoisotopic (exact) mass is 389 g/mol. The molecule has 0 spiro atoms. The molecule has 144 valence electrons. The van der Waals surface area contributed by atoms with E-state index >= 15 is 0 Å². The number of nitriles is 1. The van der Waals surface area contributed by atoms with E-state index in [1.165, 1.54) is 11.8 Å². The molecular weight excluding hydrogens is 366 g/mol. The predicted octanol–water partition coefficient (Wildman–Crippen LogP) is 2.42. The molecule has 1 atom stereocenters. The standard InChI is InChI=1S/C18H23N5O3S/c1-12(2)15(10-19)22-5-7-23(8-6-22)16(24)11-27-18-21-20-17(26-18)14-4-9-25-13(14)3/h4,9,12,15H,5-8,11H2,1-3H3/t15-/m0/s1. The van der Waals surface area contributed by atoms with Crippen molar-refractivity contribution in [2.75, 3.05) is 31.9 Å². The summed E-state index contributed by atoms with van der Waals surface area (Å²) >= 11 is 1.23. The van der Waals surface area contributed by atoms with Crippen LogP contribution in [0.4, 0.5) is 0 Å². The van der Waals surface area contributed by atoms with E-state index in [9.17, 15) is 10.1 Å². The van der Waals surface area contributed by atoms with Gasteiger partial charge >= 0.3 is 0 Å². The van der Waals surface area contributed by atoms with Crippen LogP contribution in [0.5, 0.6) is 0 Å². The van der Waals surface area contributed by atoms with Crippen LogP contribution in [0.3, 0.4) is 0 Å². The maximum atomic E-state index is 12.5. The van der Waals surface area contributed by atoms with Gasteiger partial charge in [0.25, 0.3) is 11.1 Å². The van der Waals surface area contributed by atoms with Gasteiger partial charge in [0, 0.05) is 26.2 Å². The summed E-state index contributed by atoms with van der Waals surface area (Å²) in [7, 11) is 0. The Morgan fingerprint density at radius 2 is 2.07 bits per heavy atom. The SMILES string of the molecule is Cc1occc1-c1nnc(SCC(=O)N2CCN([C@@H](C#N)C(C)C)CC2)o1. The van der Waals surface area contributed by atoms with Gasteiger partial charge in [0.1, 0.15) is 11.8 Å². The van der Waals surface area contributed by atoms with Gasteiger partial charge in [-0.3, -0.25) is 9.69 Å². The molecule has 0 N–H and O–H groups in total. The fourth-order valence-electron chi connectivity index (χ4n) is 3.10. The number of rotatable bonds is 6. The Morgan fingerprint density at radius 3 is 2.67 bits per heavy atom. The summed E-state index contributed by atoms with van der Waals surface area (Å²) < 4.78 is 10.8. The van der Waals surface area contributed by atoms with Gasteiger partial charge in [-0.1, -0.05) is 25.6 Å². The number of piperazine rings is 1. The van der Waals surface area contributed by atoms with Gasteiger partial charge in [-0.05, 0) is 18.9 Å². The summed E-state index contributed by atoms with van der Waals surface area (Å²) in [6.07, 6.45) is 1.57. The lowest BCUT2D eigenvalue weighted by atomic mass is 10.0. The topological polar surface area (TPSA) is 99.4 Å². The van der Waals surface area contributed by atoms with Crippen LogP contribution in [0.1, 0.15) is 19.6 Å². The number of hydrogen-bond donors (Lipinski definition) is 0. The molecule has 9 heteroatoms. The molecule has 27 heavy (non-hydrogen) atoms. The molecule has 0 aromatic carbocycles. The number of carbonyl (C=O) groups is 1. The Bertz CT molecular complexity index is 817. The summed E-state index contributed by atoms with van der Waals surface area (Å²) in [6.45, 7) is 8.62. The van der Waals surface area contributed by atoms with Crippen molar-refractivity contribution in [3.8, 4) is 17.5 Å². The Balaban J connectivity index is 1.49. The van der Waals surface area contributed by atoms with Gasteiger partial charge in [-0.2, -0.15) is 5.26 Å². The van der Waals surface area contributed by atoms with Gasteiger partial charge in [0.15, 0.2) is 0 Å². The minimum Gasteiger partial charge on any atom is -0.469 e. The predicted molar refractivity (Wildman–Crippen MR) is 99.9 cm³/mol. The molecule has 1 aliphatic heterocycles. The second kappa shape index (κ2) is 8.59. The van der Waals surface area contributed by atoms with Crippen molar-refractivity contribution < 1.29 is 13.6 Å². The minimum atomic E-state index is -0.0974. The Labute approximate surface area is 162 Å². The number of aromatic nitrogens is 2. The highest BCUT2D eigenvalue weighted by Crippen LogP contribution is 2.26. The first kappa shape index (κ1) is 19.5.